The highest BCUT2D eigenvalue weighted by Crippen LogP contribution is 2.21. The molecule has 0 saturated heterocycles. The number of nitrogens with two attached hydrogens (primary N) is 1. The molecular weight excluding hydrogens is 250 g/mol. The Labute approximate surface area is 120 Å². The predicted octanol–water partition coefficient (Wildman–Crippen LogP) is 3.46. The van der Waals surface area contributed by atoms with E-state index in [4.69, 9.17) is 15.2 Å². The first kappa shape index (κ1) is 14.3. The molecule has 0 saturated carbocycles. The minimum Gasteiger partial charge on any atom is -0.496 e. The smallest absolute Gasteiger partial charge is 0.122 e. The molecule has 0 aliphatic carbocycles. The van der Waals surface area contributed by atoms with E-state index in [0.29, 0.717) is 6.61 Å². The lowest BCUT2D eigenvalue weighted by Gasteiger charge is -2.10. The Morgan fingerprint density at radius 2 is 1.95 bits per heavy atom. The number of ether oxygens (including phenoxy) is 2. The summed E-state index contributed by atoms with van der Waals surface area (Å²) in [5.41, 5.74) is 8.93. The van der Waals surface area contributed by atoms with Gasteiger partial charge in [-0.1, -0.05) is 25.1 Å². The number of hydrogen-bond donors (Lipinski definition) is 1. The van der Waals surface area contributed by atoms with Crippen molar-refractivity contribution in [2.45, 2.75) is 19.8 Å². The third-order valence-corrected chi connectivity index (χ3v) is 3.24. The third-order valence-electron chi connectivity index (χ3n) is 3.24. The molecule has 0 fully saturated rings. The number of aryl methyl sites for hydroxylation is 1. The first-order chi connectivity index (χ1) is 9.72. The molecule has 0 aromatic heterocycles. The molecule has 2 N–H and O–H groups in total. The van der Waals surface area contributed by atoms with Gasteiger partial charge in [0.1, 0.15) is 11.5 Å². The van der Waals surface area contributed by atoms with Gasteiger partial charge in [-0.3, -0.25) is 0 Å². The maximum absolute atomic E-state index is 5.72. The number of rotatable bonds is 6. The Bertz CT molecular complexity index is 567. The first-order valence-corrected chi connectivity index (χ1v) is 6.87. The van der Waals surface area contributed by atoms with Crippen molar-refractivity contribution in [2.24, 2.45) is 0 Å². The van der Waals surface area contributed by atoms with Crippen LogP contribution in [0.1, 0.15) is 18.1 Å². The van der Waals surface area contributed by atoms with Gasteiger partial charge < -0.3 is 15.2 Å². The molecule has 3 heteroatoms. The number of nitrogen functional groups attached to an aromatic ring is 1. The molecule has 0 unspecified atom stereocenters. The van der Waals surface area contributed by atoms with E-state index in [1.54, 1.807) is 7.11 Å². The summed E-state index contributed by atoms with van der Waals surface area (Å²) in [4.78, 5) is 0. The van der Waals surface area contributed by atoms with Crippen molar-refractivity contribution < 1.29 is 9.47 Å². The monoisotopic (exact) mass is 271 g/mol. The maximum atomic E-state index is 5.72. The highest BCUT2D eigenvalue weighted by Gasteiger charge is 2.03. The molecule has 106 valence electrons. The Morgan fingerprint density at radius 1 is 1.10 bits per heavy atom. The van der Waals surface area contributed by atoms with Crippen LogP contribution in [0.4, 0.5) is 5.69 Å². The van der Waals surface area contributed by atoms with E-state index in [-0.39, 0.29) is 0 Å². The van der Waals surface area contributed by atoms with Crippen LogP contribution in [0, 0.1) is 0 Å². The summed E-state index contributed by atoms with van der Waals surface area (Å²) >= 11 is 0. The van der Waals surface area contributed by atoms with Crippen LogP contribution >= 0.6 is 0 Å². The number of hydrogen-bond acceptors (Lipinski definition) is 3. The van der Waals surface area contributed by atoms with Crippen molar-refractivity contribution in [3.05, 3.63) is 53.6 Å². The Hall–Kier alpha value is -2.16. The molecule has 20 heavy (non-hydrogen) atoms. The molecule has 0 aliphatic rings. The minimum absolute atomic E-state index is 0.638. The Balaban J connectivity index is 1.94. The second kappa shape index (κ2) is 6.85. The van der Waals surface area contributed by atoms with Crippen LogP contribution in [0.5, 0.6) is 11.5 Å². The molecule has 0 heterocycles. The first-order valence-electron chi connectivity index (χ1n) is 6.87. The van der Waals surface area contributed by atoms with Gasteiger partial charge in [0.2, 0.25) is 0 Å². The van der Waals surface area contributed by atoms with E-state index in [1.165, 1.54) is 11.1 Å². The lowest BCUT2D eigenvalue weighted by Crippen LogP contribution is -2.02. The van der Waals surface area contributed by atoms with Gasteiger partial charge in [-0.15, -0.1) is 0 Å². The summed E-state index contributed by atoms with van der Waals surface area (Å²) in [6.07, 6.45) is 1.83. The van der Waals surface area contributed by atoms with E-state index >= 15 is 0 Å². The predicted molar refractivity (Wildman–Crippen MR) is 82.4 cm³/mol. The zero-order valence-corrected chi connectivity index (χ0v) is 12.1. The summed E-state index contributed by atoms with van der Waals surface area (Å²) in [5.74, 6) is 1.77. The molecule has 0 amide bonds. The lowest BCUT2D eigenvalue weighted by molar-refractivity contribution is 0.322. The zero-order valence-electron chi connectivity index (χ0n) is 12.1. The van der Waals surface area contributed by atoms with Crippen LogP contribution in [0.25, 0.3) is 0 Å². The van der Waals surface area contributed by atoms with Gasteiger partial charge in [0, 0.05) is 18.2 Å². The SMILES string of the molecule is CCc1cc(CCOc2cccc(N)c2)ccc1OC. The molecule has 2 rings (SSSR count). The van der Waals surface area contributed by atoms with E-state index in [2.05, 4.69) is 19.1 Å². The van der Waals surface area contributed by atoms with Crippen molar-refractivity contribution in [3.8, 4) is 11.5 Å². The largest absolute Gasteiger partial charge is 0.496 e. The zero-order chi connectivity index (χ0) is 14.4. The van der Waals surface area contributed by atoms with E-state index in [1.807, 2.05) is 30.3 Å². The lowest BCUT2D eigenvalue weighted by atomic mass is 10.1. The van der Waals surface area contributed by atoms with Crippen molar-refractivity contribution in [2.75, 3.05) is 19.5 Å². The maximum Gasteiger partial charge on any atom is 0.122 e. The van der Waals surface area contributed by atoms with E-state index in [9.17, 15) is 0 Å². The van der Waals surface area contributed by atoms with Crippen molar-refractivity contribution in [1.82, 2.24) is 0 Å². The average molecular weight is 271 g/mol. The van der Waals surface area contributed by atoms with Gasteiger partial charge >= 0.3 is 0 Å². The fourth-order valence-electron chi connectivity index (χ4n) is 2.15. The number of methoxy groups -OCH3 is 1. The molecule has 0 atom stereocenters. The second-order valence-corrected chi connectivity index (χ2v) is 4.67. The molecular formula is C17H21NO2. The normalized spacial score (nSPS) is 10.3. The Kier molecular flexibility index (Phi) is 4.88. The van der Waals surface area contributed by atoms with Crippen molar-refractivity contribution in [1.29, 1.82) is 0 Å². The standard InChI is InChI=1S/C17H21NO2/c1-3-14-11-13(7-8-17(14)19-2)9-10-20-16-6-4-5-15(18)12-16/h4-8,11-12H,3,9-10,18H2,1-2H3. The van der Waals surface area contributed by atoms with Crippen LogP contribution in [0.15, 0.2) is 42.5 Å². The minimum atomic E-state index is 0.638. The molecule has 0 bridgehead atoms. The average Bonchev–Trinajstić information content (AvgIpc) is 2.47. The summed E-state index contributed by atoms with van der Waals surface area (Å²) in [6.45, 7) is 2.77. The number of benzene rings is 2. The number of anilines is 1. The van der Waals surface area contributed by atoms with E-state index < -0.39 is 0 Å². The van der Waals surface area contributed by atoms with Crippen molar-refractivity contribution >= 4 is 5.69 Å². The van der Waals surface area contributed by atoms with Gasteiger partial charge in [-0.2, -0.15) is 0 Å². The van der Waals surface area contributed by atoms with Gasteiger partial charge in [0.25, 0.3) is 0 Å². The quantitative estimate of drug-likeness (QED) is 0.818. The summed E-state index contributed by atoms with van der Waals surface area (Å²) in [6, 6.07) is 13.8. The van der Waals surface area contributed by atoms with E-state index in [0.717, 1.165) is 30.0 Å². The van der Waals surface area contributed by atoms with Crippen LogP contribution in [0.2, 0.25) is 0 Å². The topological polar surface area (TPSA) is 44.5 Å². The van der Waals surface area contributed by atoms with Gasteiger partial charge in [0.15, 0.2) is 0 Å². The fourth-order valence-corrected chi connectivity index (χ4v) is 2.15. The molecule has 2 aromatic rings. The molecule has 0 aliphatic heterocycles. The second-order valence-electron chi connectivity index (χ2n) is 4.67. The summed E-state index contributed by atoms with van der Waals surface area (Å²) in [7, 11) is 1.71. The molecule has 0 radical (unpaired) electrons. The fraction of sp³-hybridized carbons (Fsp3) is 0.294. The van der Waals surface area contributed by atoms with Crippen LogP contribution in [-0.2, 0) is 12.8 Å². The molecule has 0 spiro atoms. The Morgan fingerprint density at radius 3 is 2.65 bits per heavy atom. The summed E-state index contributed by atoms with van der Waals surface area (Å²) in [5, 5.41) is 0. The van der Waals surface area contributed by atoms with Crippen molar-refractivity contribution in [3.63, 3.8) is 0 Å². The van der Waals surface area contributed by atoms with Crippen LogP contribution < -0.4 is 15.2 Å². The molecule has 2 aromatic carbocycles. The highest BCUT2D eigenvalue weighted by atomic mass is 16.5. The molecule has 3 nitrogen and oxygen atoms in total. The highest BCUT2D eigenvalue weighted by molar-refractivity contribution is 5.43. The third kappa shape index (κ3) is 3.67. The van der Waals surface area contributed by atoms with Gasteiger partial charge in [0.05, 0.1) is 13.7 Å². The van der Waals surface area contributed by atoms with Gasteiger partial charge in [-0.05, 0) is 35.7 Å². The van der Waals surface area contributed by atoms with Crippen LogP contribution in [0.3, 0.4) is 0 Å². The van der Waals surface area contributed by atoms with Gasteiger partial charge in [-0.25, -0.2) is 0 Å². The van der Waals surface area contributed by atoms with Crippen LogP contribution in [-0.4, -0.2) is 13.7 Å². The summed E-state index contributed by atoms with van der Waals surface area (Å²) < 4.78 is 11.0.